The highest BCUT2D eigenvalue weighted by Gasteiger charge is 2.14. The first-order chi connectivity index (χ1) is 14.6. The fraction of sp³-hybridized carbons (Fsp3) is 0.167. The van der Waals surface area contributed by atoms with E-state index in [-0.39, 0.29) is 12.5 Å². The lowest BCUT2D eigenvalue weighted by Crippen LogP contribution is -2.37. The Morgan fingerprint density at radius 3 is 2.03 bits per heavy atom. The average molecular weight is 403 g/mol. The molecule has 6 heteroatoms. The zero-order valence-electron chi connectivity index (χ0n) is 16.6. The summed E-state index contributed by atoms with van der Waals surface area (Å²) in [5.41, 5.74) is 9.49. The summed E-state index contributed by atoms with van der Waals surface area (Å²) in [4.78, 5) is 24.1. The number of rotatable bonds is 8. The fourth-order valence-corrected chi connectivity index (χ4v) is 2.85. The maximum absolute atomic E-state index is 12.3. The monoisotopic (exact) mass is 403 g/mol. The number of ether oxygens (including phenoxy) is 1. The number of hydrogen-bond acceptors (Lipinski definition) is 4. The molecule has 4 N–H and O–H groups in total. The fourth-order valence-electron chi connectivity index (χ4n) is 2.85. The van der Waals surface area contributed by atoms with Gasteiger partial charge in [0, 0.05) is 12.2 Å². The van der Waals surface area contributed by atoms with E-state index in [0.717, 1.165) is 16.7 Å². The van der Waals surface area contributed by atoms with Crippen molar-refractivity contribution < 1.29 is 14.3 Å². The molecule has 0 heterocycles. The van der Waals surface area contributed by atoms with Crippen molar-refractivity contribution in [2.24, 2.45) is 5.73 Å². The van der Waals surface area contributed by atoms with Crippen LogP contribution in [0.5, 0.6) is 0 Å². The molecule has 30 heavy (non-hydrogen) atoms. The zero-order chi connectivity index (χ0) is 21.2. The first-order valence-electron chi connectivity index (χ1n) is 9.74. The van der Waals surface area contributed by atoms with Crippen LogP contribution in [0.3, 0.4) is 0 Å². The minimum Gasteiger partial charge on any atom is -0.445 e. The first-order valence-corrected chi connectivity index (χ1v) is 9.74. The summed E-state index contributed by atoms with van der Waals surface area (Å²) in [5, 5.41) is 5.52. The zero-order valence-corrected chi connectivity index (χ0v) is 16.6. The number of nitrogens with two attached hydrogens (primary N) is 1. The van der Waals surface area contributed by atoms with Gasteiger partial charge in [-0.15, -0.1) is 0 Å². The topological polar surface area (TPSA) is 93.5 Å². The normalized spacial score (nSPS) is 11.4. The number of carbonyl (C=O) groups is 2. The molecule has 154 valence electrons. The quantitative estimate of drug-likeness (QED) is 0.535. The van der Waals surface area contributed by atoms with Crippen LogP contribution in [-0.2, 0) is 29.1 Å². The van der Waals surface area contributed by atoms with Crippen molar-refractivity contribution >= 4 is 17.7 Å². The minimum absolute atomic E-state index is 0.223. The Bertz CT molecular complexity index is 944. The Morgan fingerprint density at radius 1 is 0.800 bits per heavy atom. The third-order valence-corrected chi connectivity index (χ3v) is 4.51. The van der Waals surface area contributed by atoms with Crippen molar-refractivity contribution in [1.29, 1.82) is 0 Å². The van der Waals surface area contributed by atoms with E-state index in [1.54, 1.807) is 12.1 Å². The Balaban J connectivity index is 1.41. The van der Waals surface area contributed by atoms with E-state index >= 15 is 0 Å². The smallest absolute Gasteiger partial charge is 0.407 e. The molecule has 0 aliphatic carbocycles. The lowest BCUT2D eigenvalue weighted by Gasteiger charge is -2.13. The van der Waals surface area contributed by atoms with E-state index in [2.05, 4.69) is 10.6 Å². The molecule has 0 bridgehead atoms. The molecular weight excluding hydrogens is 378 g/mol. The van der Waals surface area contributed by atoms with Gasteiger partial charge >= 0.3 is 6.09 Å². The van der Waals surface area contributed by atoms with E-state index in [9.17, 15) is 9.59 Å². The van der Waals surface area contributed by atoms with Crippen molar-refractivity contribution in [2.45, 2.75) is 25.6 Å². The Hall–Kier alpha value is -3.64. The van der Waals surface area contributed by atoms with Gasteiger partial charge in [-0.1, -0.05) is 72.8 Å². The summed E-state index contributed by atoms with van der Waals surface area (Å²) in [5.74, 6) is -0.241. The highest BCUT2D eigenvalue weighted by Crippen LogP contribution is 2.11. The summed E-state index contributed by atoms with van der Waals surface area (Å²) in [7, 11) is 0. The molecule has 0 saturated carbocycles. The molecule has 0 spiro atoms. The molecule has 0 saturated heterocycles. The van der Waals surface area contributed by atoms with Gasteiger partial charge in [0.05, 0.1) is 6.04 Å². The van der Waals surface area contributed by atoms with E-state index in [1.165, 1.54) is 0 Å². The molecule has 0 aliphatic heterocycles. The van der Waals surface area contributed by atoms with E-state index in [1.807, 2.05) is 72.8 Å². The van der Waals surface area contributed by atoms with Crippen molar-refractivity contribution in [3.8, 4) is 0 Å². The van der Waals surface area contributed by atoms with Crippen LogP contribution >= 0.6 is 0 Å². The van der Waals surface area contributed by atoms with Gasteiger partial charge in [-0.25, -0.2) is 4.79 Å². The Morgan fingerprint density at radius 2 is 1.40 bits per heavy atom. The largest absolute Gasteiger partial charge is 0.445 e. The number of anilines is 1. The van der Waals surface area contributed by atoms with Gasteiger partial charge in [-0.05, 0) is 35.2 Å². The molecule has 1 unspecified atom stereocenters. The maximum atomic E-state index is 12.3. The molecule has 3 rings (SSSR count). The molecule has 0 fully saturated rings. The van der Waals surface area contributed by atoms with Crippen LogP contribution in [0.4, 0.5) is 10.5 Å². The van der Waals surface area contributed by atoms with Gasteiger partial charge in [-0.3, -0.25) is 4.79 Å². The van der Waals surface area contributed by atoms with Crippen LogP contribution in [-0.4, -0.2) is 18.0 Å². The second kappa shape index (κ2) is 10.8. The SMILES string of the molecule is NC(Cc1ccccc1)C(=O)Nc1ccc(CNC(=O)OCc2ccccc2)cc1. The highest BCUT2D eigenvalue weighted by molar-refractivity contribution is 5.94. The van der Waals surface area contributed by atoms with Crippen LogP contribution in [0, 0.1) is 0 Å². The van der Waals surface area contributed by atoms with Crippen molar-refractivity contribution in [2.75, 3.05) is 5.32 Å². The van der Waals surface area contributed by atoms with Crippen molar-refractivity contribution in [1.82, 2.24) is 5.32 Å². The van der Waals surface area contributed by atoms with Crippen LogP contribution in [0.25, 0.3) is 0 Å². The maximum Gasteiger partial charge on any atom is 0.407 e. The molecule has 0 aliphatic rings. The number of alkyl carbamates (subject to hydrolysis) is 1. The predicted molar refractivity (Wildman–Crippen MR) is 117 cm³/mol. The molecule has 3 aromatic carbocycles. The van der Waals surface area contributed by atoms with Crippen LogP contribution in [0.1, 0.15) is 16.7 Å². The molecule has 0 radical (unpaired) electrons. The standard InChI is InChI=1S/C24H25N3O3/c25-22(15-18-7-3-1-4-8-18)23(28)27-21-13-11-19(12-14-21)16-26-24(29)30-17-20-9-5-2-6-10-20/h1-14,22H,15-17,25H2,(H,26,29)(H,27,28). The molecule has 3 aromatic rings. The van der Waals surface area contributed by atoms with Gasteiger partial charge in [0.15, 0.2) is 0 Å². The van der Waals surface area contributed by atoms with Gasteiger partial charge in [0.1, 0.15) is 6.61 Å². The molecular formula is C24H25N3O3. The van der Waals surface area contributed by atoms with Gasteiger partial charge in [0.25, 0.3) is 0 Å². The first kappa shape index (κ1) is 21.1. The van der Waals surface area contributed by atoms with Crippen LogP contribution in [0.2, 0.25) is 0 Å². The number of nitrogens with one attached hydrogen (secondary N) is 2. The summed E-state index contributed by atoms with van der Waals surface area (Å²) < 4.78 is 5.18. The van der Waals surface area contributed by atoms with E-state index < -0.39 is 12.1 Å². The number of amides is 2. The third-order valence-electron chi connectivity index (χ3n) is 4.51. The average Bonchev–Trinajstić information content (AvgIpc) is 2.78. The van der Waals surface area contributed by atoms with Crippen LogP contribution < -0.4 is 16.4 Å². The number of benzene rings is 3. The summed E-state index contributed by atoms with van der Waals surface area (Å²) in [6, 6.07) is 25.7. The second-order valence-corrected chi connectivity index (χ2v) is 6.90. The van der Waals surface area contributed by atoms with Gasteiger partial charge in [0.2, 0.25) is 5.91 Å². The third kappa shape index (κ3) is 6.76. The van der Waals surface area contributed by atoms with Crippen LogP contribution in [0.15, 0.2) is 84.9 Å². The minimum atomic E-state index is -0.631. The van der Waals surface area contributed by atoms with Crippen molar-refractivity contribution in [3.05, 3.63) is 102 Å². The molecule has 6 nitrogen and oxygen atoms in total. The lowest BCUT2D eigenvalue weighted by atomic mass is 10.1. The summed E-state index contributed by atoms with van der Waals surface area (Å²) in [6.45, 7) is 0.552. The molecule has 2 amide bonds. The number of hydrogen-bond donors (Lipinski definition) is 3. The van der Waals surface area contributed by atoms with Gasteiger partial charge < -0.3 is 21.1 Å². The van der Waals surface area contributed by atoms with E-state index in [4.69, 9.17) is 10.5 Å². The van der Waals surface area contributed by atoms with Crippen molar-refractivity contribution in [3.63, 3.8) is 0 Å². The van der Waals surface area contributed by atoms with Gasteiger partial charge in [-0.2, -0.15) is 0 Å². The summed E-state index contributed by atoms with van der Waals surface area (Å²) >= 11 is 0. The second-order valence-electron chi connectivity index (χ2n) is 6.90. The predicted octanol–water partition coefficient (Wildman–Crippen LogP) is 3.62. The highest BCUT2D eigenvalue weighted by atomic mass is 16.5. The molecule has 1 atom stereocenters. The Labute approximate surface area is 176 Å². The number of carbonyl (C=O) groups excluding carboxylic acids is 2. The summed E-state index contributed by atoms with van der Waals surface area (Å²) in [6.07, 6.45) is -0.0112. The lowest BCUT2D eigenvalue weighted by molar-refractivity contribution is -0.117. The van der Waals surface area contributed by atoms with E-state index in [0.29, 0.717) is 18.7 Å². The molecule has 0 aromatic heterocycles. The Kier molecular flexibility index (Phi) is 7.58.